The lowest BCUT2D eigenvalue weighted by molar-refractivity contribution is 0.398. The first kappa shape index (κ1) is 16.3. The molecule has 7 heteroatoms. The summed E-state index contributed by atoms with van der Waals surface area (Å²) in [6.45, 7) is 2.51. The van der Waals surface area contributed by atoms with Crippen LogP contribution in [0.4, 0.5) is 0 Å². The molecule has 0 radical (unpaired) electrons. The maximum absolute atomic E-state index is 13.0. The maximum Gasteiger partial charge on any atom is 0.253 e. The predicted octanol–water partition coefficient (Wildman–Crippen LogP) is 3.90. The lowest BCUT2D eigenvalue weighted by atomic mass is 10.3. The van der Waals surface area contributed by atoms with E-state index in [0.717, 1.165) is 16.1 Å². The summed E-state index contributed by atoms with van der Waals surface area (Å²) in [5.41, 5.74) is 1.72. The van der Waals surface area contributed by atoms with Crippen molar-refractivity contribution in [3.63, 3.8) is 0 Å². The fourth-order valence-corrected chi connectivity index (χ4v) is 5.66. The largest absolute Gasteiger partial charge is 0.260 e. The molecule has 0 fully saturated rings. The van der Waals surface area contributed by atoms with Gasteiger partial charge in [0, 0.05) is 17.6 Å². The summed E-state index contributed by atoms with van der Waals surface area (Å²) in [6.07, 6.45) is 1.68. The van der Waals surface area contributed by atoms with Gasteiger partial charge < -0.3 is 0 Å². The van der Waals surface area contributed by atoms with Crippen LogP contribution in [0.2, 0.25) is 0 Å². The van der Waals surface area contributed by atoms with Gasteiger partial charge in [-0.15, -0.1) is 11.3 Å². The molecule has 0 amide bonds. The minimum atomic E-state index is -3.54. The summed E-state index contributed by atoms with van der Waals surface area (Å²) in [7, 11) is -3.54. The number of hydrogen-bond acceptors (Lipinski definition) is 5. The van der Waals surface area contributed by atoms with E-state index in [2.05, 4.69) is 4.98 Å². The lowest BCUT2D eigenvalue weighted by Crippen LogP contribution is -2.30. The SMILES string of the molecule is Cc1ccc(S(=O)(=O)N(Cc2ccsc2)Cc2ccccn2)s1. The van der Waals surface area contributed by atoms with E-state index >= 15 is 0 Å². The molecule has 3 heterocycles. The van der Waals surface area contributed by atoms with Gasteiger partial charge in [-0.3, -0.25) is 4.98 Å². The topological polar surface area (TPSA) is 50.3 Å². The van der Waals surface area contributed by atoms with E-state index in [1.807, 2.05) is 48.0 Å². The third kappa shape index (κ3) is 3.87. The minimum Gasteiger partial charge on any atom is -0.260 e. The third-order valence-corrected chi connectivity index (χ3v) is 7.31. The number of hydrogen-bond donors (Lipinski definition) is 0. The number of thiophene rings is 2. The minimum absolute atomic E-state index is 0.260. The van der Waals surface area contributed by atoms with Crippen molar-refractivity contribution in [2.75, 3.05) is 0 Å². The van der Waals surface area contributed by atoms with Crippen LogP contribution in [0.3, 0.4) is 0 Å². The van der Waals surface area contributed by atoms with Gasteiger partial charge >= 0.3 is 0 Å². The fourth-order valence-electron chi connectivity index (χ4n) is 2.16. The van der Waals surface area contributed by atoms with Gasteiger partial charge in [-0.2, -0.15) is 15.6 Å². The zero-order valence-electron chi connectivity index (χ0n) is 12.5. The van der Waals surface area contributed by atoms with Gasteiger partial charge in [0.2, 0.25) is 0 Å². The quantitative estimate of drug-likeness (QED) is 0.666. The van der Waals surface area contributed by atoms with Crippen molar-refractivity contribution in [1.29, 1.82) is 0 Å². The maximum atomic E-state index is 13.0. The second kappa shape index (κ2) is 6.92. The van der Waals surface area contributed by atoms with E-state index in [9.17, 15) is 8.42 Å². The highest BCUT2D eigenvalue weighted by molar-refractivity contribution is 7.91. The van der Waals surface area contributed by atoms with Crippen LogP contribution in [-0.4, -0.2) is 17.7 Å². The summed E-state index contributed by atoms with van der Waals surface area (Å²) < 4.78 is 27.8. The first-order valence-corrected chi connectivity index (χ1v) is 10.2. The van der Waals surface area contributed by atoms with E-state index in [1.165, 1.54) is 15.6 Å². The summed E-state index contributed by atoms with van der Waals surface area (Å²) >= 11 is 2.86. The Bertz CT molecular complexity index is 856. The Labute approximate surface area is 144 Å². The van der Waals surface area contributed by atoms with Crippen LogP contribution in [0.1, 0.15) is 16.1 Å². The zero-order valence-corrected chi connectivity index (χ0v) is 15.0. The van der Waals surface area contributed by atoms with E-state index in [0.29, 0.717) is 10.8 Å². The van der Waals surface area contributed by atoms with Crippen LogP contribution in [0.15, 0.2) is 57.6 Å². The molecule has 0 unspecified atom stereocenters. The van der Waals surface area contributed by atoms with Crippen molar-refractivity contribution in [2.24, 2.45) is 0 Å². The molecule has 120 valence electrons. The average Bonchev–Trinajstić information content (AvgIpc) is 3.19. The van der Waals surface area contributed by atoms with Crippen LogP contribution in [0.25, 0.3) is 0 Å². The van der Waals surface area contributed by atoms with Crippen molar-refractivity contribution >= 4 is 32.7 Å². The second-order valence-corrected chi connectivity index (χ2v) is 9.32. The summed E-state index contributed by atoms with van der Waals surface area (Å²) in [6, 6.07) is 11.0. The van der Waals surface area contributed by atoms with Crippen molar-refractivity contribution < 1.29 is 8.42 Å². The number of aryl methyl sites for hydroxylation is 1. The Morgan fingerprint density at radius 2 is 2.00 bits per heavy atom. The Kier molecular flexibility index (Phi) is 4.91. The predicted molar refractivity (Wildman–Crippen MR) is 94.0 cm³/mol. The molecule has 3 aromatic rings. The lowest BCUT2D eigenvalue weighted by Gasteiger charge is -2.20. The van der Waals surface area contributed by atoms with Crippen LogP contribution in [0, 0.1) is 6.92 Å². The van der Waals surface area contributed by atoms with Gasteiger partial charge in [0.15, 0.2) is 0 Å². The van der Waals surface area contributed by atoms with Gasteiger partial charge in [-0.05, 0) is 53.6 Å². The molecule has 3 rings (SSSR count). The fraction of sp³-hybridized carbons (Fsp3) is 0.188. The van der Waals surface area contributed by atoms with Gasteiger partial charge in [0.25, 0.3) is 10.0 Å². The van der Waals surface area contributed by atoms with E-state index in [4.69, 9.17) is 0 Å². The molecule has 3 aromatic heterocycles. The normalized spacial score (nSPS) is 11.9. The molecule has 0 spiro atoms. The summed E-state index contributed by atoms with van der Waals surface area (Å²) in [5.74, 6) is 0. The Hall–Kier alpha value is -1.54. The van der Waals surface area contributed by atoms with Crippen molar-refractivity contribution in [3.05, 3.63) is 69.5 Å². The molecule has 0 aliphatic carbocycles. The summed E-state index contributed by atoms with van der Waals surface area (Å²) in [5, 5.41) is 3.93. The molecule has 0 N–H and O–H groups in total. The number of sulfonamides is 1. The molecule has 0 bridgehead atoms. The highest BCUT2D eigenvalue weighted by Crippen LogP contribution is 2.27. The Morgan fingerprint density at radius 1 is 1.13 bits per heavy atom. The van der Waals surface area contributed by atoms with Gasteiger partial charge in [-0.1, -0.05) is 6.07 Å². The number of rotatable bonds is 6. The molecule has 23 heavy (non-hydrogen) atoms. The number of pyridine rings is 1. The van der Waals surface area contributed by atoms with Crippen molar-refractivity contribution in [1.82, 2.24) is 9.29 Å². The Morgan fingerprint density at radius 3 is 2.61 bits per heavy atom. The molecule has 0 aliphatic rings. The zero-order chi connectivity index (χ0) is 16.3. The van der Waals surface area contributed by atoms with Crippen LogP contribution >= 0.6 is 22.7 Å². The van der Waals surface area contributed by atoms with Gasteiger partial charge in [-0.25, -0.2) is 8.42 Å². The first-order valence-electron chi connectivity index (χ1n) is 7.03. The highest BCUT2D eigenvalue weighted by Gasteiger charge is 2.26. The van der Waals surface area contributed by atoms with E-state index in [1.54, 1.807) is 23.6 Å². The molecule has 0 atom stereocenters. The van der Waals surface area contributed by atoms with Gasteiger partial charge in [0.05, 0.1) is 12.2 Å². The molecule has 0 saturated carbocycles. The van der Waals surface area contributed by atoms with Crippen LogP contribution in [-0.2, 0) is 23.1 Å². The standard InChI is InChI=1S/C16H16N2O2S3/c1-13-5-6-16(22-13)23(19,20)18(10-14-7-9-21-12-14)11-15-4-2-3-8-17-15/h2-9,12H,10-11H2,1H3. The molecule has 0 aliphatic heterocycles. The molecular formula is C16H16N2O2S3. The molecular weight excluding hydrogens is 348 g/mol. The molecule has 0 saturated heterocycles. The van der Waals surface area contributed by atoms with Crippen molar-refractivity contribution in [3.8, 4) is 0 Å². The van der Waals surface area contributed by atoms with Gasteiger partial charge in [0.1, 0.15) is 4.21 Å². The van der Waals surface area contributed by atoms with E-state index < -0.39 is 10.0 Å². The van der Waals surface area contributed by atoms with Crippen LogP contribution in [0.5, 0.6) is 0 Å². The monoisotopic (exact) mass is 364 g/mol. The second-order valence-electron chi connectivity index (χ2n) is 5.09. The Balaban J connectivity index is 1.93. The molecule has 4 nitrogen and oxygen atoms in total. The third-order valence-electron chi connectivity index (χ3n) is 3.31. The summed E-state index contributed by atoms with van der Waals surface area (Å²) in [4.78, 5) is 5.24. The number of nitrogens with zero attached hydrogens (tertiary/aromatic N) is 2. The van der Waals surface area contributed by atoms with Crippen molar-refractivity contribution in [2.45, 2.75) is 24.2 Å². The molecule has 0 aromatic carbocycles. The highest BCUT2D eigenvalue weighted by atomic mass is 32.2. The van der Waals surface area contributed by atoms with E-state index in [-0.39, 0.29) is 6.54 Å². The van der Waals surface area contributed by atoms with Crippen LogP contribution < -0.4 is 0 Å². The average molecular weight is 365 g/mol. The first-order chi connectivity index (χ1) is 11.1. The smallest absolute Gasteiger partial charge is 0.253 e. The number of aromatic nitrogens is 1.